The zero-order chi connectivity index (χ0) is 20.1. The maximum Gasteiger partial charge on any atom is 0.417 e. The molecule has 1 heterocycles. The molecule has 0 saturated carbocycles. The first kappa shape index (κ1) is 19.5. The maximum absolute atomic E-state index is 12.7. The Kier molecular flexibility index (Phi) is 5.70. The van der Waals surface area contributed by atoms with Crippen LogP contribution >= 0.6 is 11.6 Å². The maximum atomic E-state index is 12.7. The number of carbonyl (C=O) groups excluding carboxylic acids is 1. The smallest absolute Gasteiger partial charge is 0.417 e. The van der Waals surface area contributed by atoms with Crippen LogP contribution < -0.4 is 15.4 Å². The van der Waals surface area contributed by atoms with Gasteiger partial charge in [0, 0.05) is 23.8 Å². The number of alkyl halides is 3. The van der Waals surface area contributed by atoms with Gasteiger partial charge in [-0.1, -0.05) is 11.6 Å². The van der Waals surface area contributed by atoms with Crippen LogP contribution in [0.5, 0.6) is 11.5 Å². The highest BCUT2D eigenvalue weighted by atomic mass is 35.5. The third-order valence-corrected chi connectivity index (χ3v) is 3.84. The molecule has 0 fully saturated rings. The van der Waals surface area contributed by atoms with Crippen LogP contribution in [0.15, 0.2) is 67.0 Å². The fourth-order valence-corrected chi connectivity index (χ4v) is 2.55. The summed E-state index contributed by atoms with van der Waals surface area (Å²) in [6, 6.07) is 12.3. The number of halogens is 4. The number of anilines is 2. The van der Waals surface area contributed by atoms with Crippen LogP contribution in [0.1, 0.15) is 5.56 Å². The number of urea groups is 1. The van der Waals surface area contributed by atoms with Gasteiger partial charge in [-0.05, 0) is 54.6 Å². The Bertz CT molecular complexity index is 964. The molecule has 5 nitrogen and oxygen atoms in total. The number of nitrogens with one attached hydrogen (secondary N) is 2. The van der Waals surface area contributed by atoms with Crippen LogP contribution in [0, 0.1) is 0 Å². The molecule has 0 aliphatic carbocycles. The monoisotopic (exact) mass is 407 g/mol. The van der Waals surface area contributed by atoms with Gasteiger partial charge in [0.25, 0.3) is 0 Å². The normalized spacial score (nSPS) is 11.0. The van der Waals surface area contributed by atoms with Gasteiger partial charge >= 0.3 is 12.2 Å². The molecule has 2 N–H and O–H groups in total. The van der Waals surface area contributed by atoms with Crippen LogP contribution in [-0.4, -0.2) is 11.0 Å². The molecular formula is C19H13ClF3N3O2. The van der Waals surface area contributed by atoms with Crippen molar-refractivity contribution in [1.82, 2.24) is 4.98 Å². The minimum Gasteiger partial charge on any atom is -0.457 e. The Morgan fingerprint density at radius 2 is 1.46 bits per heavy atom. The number of hydrogen-bond acceptors (Lipinski definition) is 3. The number of carbonyl (C=O) groups is 1. The Labute approximate surface area is 163 Å². The molecule has 28 heavy (non-hydrogen) atoms. The molecule has 3 rings (SSSR count). The van der Waals surface area contributed by atoms with Crippen molar-refractivity contribution >= 4 is 29.0 Å². The van der Waals surface area contributed by atoms with Crippen LogP contribution in [0.4, 0.5) is 29.3 Å². The molecule has 0 unspecified atom stereocenters. The van der Waals surface area contributed by atoms with Gasteiger partial charge < -0.3 is 15.4 Å². The third kappa shape index (κ3) is 5.14. The fraction of sp³-hybridized carbons (Fsp3) is 0.0526. The Morgan fingerprint density at radius 1 is 0.893 bits per heavy atom. The number of rotatable bonds is 4. The van der Waals surface area contributed by atoms with Crippen LogP contribution in [0.3, 0.4) is 0 Å². The van der Waals surface area contributed by atoms with Gasteiger partial charge in [0.05, 0.1) is 10.6 Å². The summed E-state index contributed by atoms with van der Waals surface area (Å²) in [5.41, 5.74) is -0.365. The molecule has 0 radical (unpaired) electrons. The number of nitrogens with zero attached hydrogens (tertiary/aromatic N) is 1. The average Bonchev–Trinajstić information content (AvgIpc) is 2.63. The molecule has 0 aliphatic heterocycles. The molecule has 0 bridgehead atoms. The summed E-state index contributed by atoms with van der Waals surface area (Å²) >= 11 is 5.63. The first-order valence-electron chi connectivity index (χ1n) is 7.94. The van der Waals surface area contributed by atoms with E-state index >= 15 is 0 Å². The molecule has 2 aromatic carbocycles. The molecule has 0 saturated heterocycles. The topological polar surface area (TPSA) is 63.2 Å². The first-order valence-corrected chi connectivity index (χ1v) is 8.32. The van der Waals surface area contributed by atoms with E-state index in [9.17, 15) is 18.0 Å². The number of aromatic nitrogens is 1. The van der Waals surface area contributed by atoms with Gasteiger partial charge in [-0.25, -0.2) is 4.79 Å². The van der Waals surface area contributed by atoms with E-state index in [1.165, 1.54) is 0 Å². The predicted octanol–water partition coefficient (Wildman–Crippen LogP) is 6.19. The van der Waals surface area contributed by atoms with Crippen LogP contribution in [0.25, 0.3) is 0 Å². The predicted molar refractivity (Wildman–Crippen MR) is 99.8 cm³/mol. The highest BCUT2D eigenvalue weighted by Crippen LogP contribution is 2.35. The van der Waals surface area contributed by atoms with E-state index in [0.717, 1.165) is 18.2 Å². The van der Waals surface area contributed by atoms with Crippen molar-refractivity contribution in [2.24, 2.45) is 0 Å². The number of pyridine rings is 1. The number of benzene rings is 2. The molecule has 2 amide bonds. The lowest BCUT2D eigenvalue weighted by atomic mass is 10.2. The summed E-state index contributed by atoms with van der Waals surface area (Å²) in [4.78, 5) is 15.9. The van der Waals surface area contributed by atoms with Gasteiger partial charge in [0.15, 0.2) is 0 Å². The molecule has 9 heteroatoms. The Hall–Kier alpha value is -3.26. The highest BCUT2D eigenvalue weighted by molar-refractivity contribution is 6.31. The third-order valence-electron chi connectivity index (χ3n) is 3.53. The van der Waals surface area contributed by atoms with Gasteiger partial charge in [-0.3, -0.25) is 4.98 Å². The lowest BCUT2D eigenvalue weighted by Gasteiger charge is -2.12. The van der Waals surface area contributed by atoms with E-state index in [2.05, 4.69) is 15.6 Å². The van der Waals surface area contributed by atoms with Crippen molar-refractivity contribution in [1.29, 1.82) is 0 Å². The van der Waals surface area contributed by atoms with E-state index in [1.54, 1.807) is 48.8 Å². The highest BCUT2D eigenvalue weighted by Gasteiger charge is 2.33. The van der Waals surface area contributed by atoms with E-state index in [-0.39, 0.29) is 5.69 Å². The largest absolute Gasteiger partial charge is 0.457 e. The van der Waals surface area contributed by atoms with Crippen molar-refractivity contribution < 1.29 is 22.7 Å². The summed E-state index contributed by atoms with van der Waals surface area (Å²) in [7, 11) is 0. The SMILES string of the molecule is O=C(Nc1ccc(Oc2ccncc2)cc1)Nc1ccc(C(F)(F)F)c(Cl)c1. The number of hydrogen-bond donors (Lipinski definition) is 2. The minimum atomic E-state index is -4.56. The second kappa shape index (κ2) is 8.18. The van der Waals surface area contributed by atoms with Gasteiger partial charge in [-0.2, -0.15) is 13.2 Å². The fourth-order valence-electron chi connectivity index (χ4n) is 2.26. The summed E-state index contributed by atoms with van der Waals surface area (Å²) in [5.74, 6) is 1.18. The zero-order valence-corrected chi connectivity index (χ0v) is 14.9. The summed E-state index contributed by atoms with van der Waals surface area (Å²) in [5, 5.41) is 4.49. The standard InChI is InChI=1S/C19H13ClF3N3O2/c20-17-11-13(3-6-16(17)19(21,22)23)26-18(27)25-12-1-4-14(5-2-12)28-15-7-9-24-10-8-15/h1-11H,(H2,25,26,27). The first-order chi connectivity index (χ1) is 13.3. The van der Waals surface area contributed by atoms with Crippen molar-refractivity contribution in [3.63, 3.8) is 0 Å². The van der Waals surface area contributed by atoms with E-state index < -0.39 is 22.8 Å². The quantitative estimate of drug-likeness (QED) is 0.542. The Morgan fingerprint density at radius 3 is 2.07 bits per heavy atom. The molecule has 3 aromatic rings. The van der Waals surface area contributed by atoms with Gasteiger partial charge in [0.1, 0.15) is 11.5 Å². The minimum absolute atomic E-state index is 0.133. The van der Waals surface area contributed by atoms with Crippen molar-refractivity contribution in [2.75, 3.05) is 10.6 Å². The van der Waals surface area contributed by atoms with Gasteiger partial charge in [-0.15, -0.1) is 0 Å². The zero-order valence-electron chi connectivity index (χ0n) is 14.1. The number of amides is 2. The van der Waals surface area contributed by atoms with E-state index in [1.807, 2.05) is 0 Å². The summed E-state index contributed by atoms with van der Waals surface area (Å²) < 4.78 is 43.7. The summed E-state index contributed by atoms with van der Waals surface area (Å²) in [6.07, 6.45) is -1.36. The van der Waals surface area contributed by atoms with Crippen molar-refractivity contribution in [2.45, 2.75) is 6.18 Å². The van der Waals surface area contributed by atoms with Crippen molar-refractivity contribution in [3.05, 3.63) is 77.6 Å². The van der Waals surface area contributed by atoms with Crippen LogP contribution in [-0.2, 0) is 6.18 Å². The molecule has 144 valence electrons. The molecule has 0 aliphatic rings. The lowest BCUT2D eigenvalue weighted by Crippen LogP contribution is -2.19. The van der Waals surface area contributed by atoms with Gasteiger partial charge in [0.2, 0.25) is 0 Å². The summed E-state index contributed by atoms with van der Waals surface area (Å²) in [6.45, 7) is 0. The van der Waals surface area contributed by atoms with Crippen molar-refractivity contribution in [3.8, 4) is 11.5 Å². The molecule has 1 aromatic heterocycles. The molecule has 0 spiro atoms. The number of ether oxygens (including phenoxy) is 1. The molecular weight excluding hydrogens is 395 g/mol. The second-order valence-corrected chi connectivity index (χ2v) is 5.99. The van der Waals surface area contributed by atoms with Crippen LogP contribution in [0.2, 0.25) is 5.02 Å². The van der Waals surface area contributed by atoms with E-state index in [0.29, 0.717) is 17.2 Å². The Balaban J connectivity index is 1.60. The molecule has 0 atom stereocenters. The second-order valence-electron chi connectivity index (χ2n) is 5.58. The van der Waals surface area contributed by atoms with E-state index in [4.69, 9.17) is 16.3 Å². The average molecular weight is 408 g/mol. The lowest BCUT2D eigenvalue weighted by molar-refractivity contribution is -0.137.